The summed E-state index contributed by atoms with van der Waals surface area (Å²) < 4.78 is 47.8. The van der Waals surface area contributed by atoms with Gasteiger partial charge in [0.2, 0.25) is 6.79 Å². The fraction of sp³-hybridized carbons (Fsp3) is 0.500. The van der Waals surface area contributed by atoms with Gasteiger partial charge in [0, 0.05) is 48.9 Å². The Morgan fingerprint density at radius 1 is 0.787 bits per heavy atom. The van der Waals surface area contributed by atoms with Crippen molar-refractivity contribution in [1.29, 1.82) is 0 Å². The van der Waals surface area contributed by atoms with Crippen molar-refractivity contribution in [2.45, 2.75) is 76.8 Å². The summed E-state index contributed by atoms with van der Waals surface area (Å²) in [5, 5.41) is 0. The molecule has 0 spiro atoms. The zero-order chi connectivity index (χ0) is 32.9. The number of fused-ring (bicyclic) bond motifs is 2. The number of hydrogen-bond acceptors (Lipinski definition) is 13. The maximum atomic E-state index is 12.6. The van der Waals surface area contributed by atoms with Crippen LogP contribution in [0.1, 0.15) is 85.0 Å². The van der Waals surface area contributed by atoms with Crippen molar-refractivity contribution >= 4 is 46.4 Å². The quantitative estimate of drug-likeness (QED) is 0.110. The van der Waals surface area contributed by atoms with Crippen LogP contribution in [0.2, 0.25) is 0 Å². The Balaban J connectivity index is 0.926. The molecule has 15 heteroatoms. The zero-order valence-corrected chi connectivity index (χ0v) is 25.9. The molecule has 1 saturated heterocycles. The Bertz CT molecular complexity index is 1640. The summed E-state index contributed by atoms with van der Waals surface area (Å²) in [4.78, 5) is 55.3. The molecule has 0 radical (unpaired) electrons. The first-order valence-electron chi connectivity index (χ1n) is 15.6. The van der Waals surface area contributed by atoms with Gasteiger partial charge in [0.1, 0.15) is 29.4 Å². The van der Waals surface area contributed by atoms with Crippen LogP contribution in [-0.2, 0) is 33.2 Å². The van der Waals surface area contributed by atoms with Crippen LogP contribution in [0, 0.1) is 5.92 Å². The molecule has 4 aromatic rings. The molecule has 0 bridgehead atoms. The van der Waals surface area contributed by atoms with Crippen LogP contribution in [-0.4, -0.2) is 72.7 Å². The first kappa shape index (κ1) is 32.0. The first-order valence-corrected chi connectivity index (χ1v) is 15.6. The van der Waals surface area contributed by atoms with Gasteiger partial charge in [0.05, 0.1) is 30.5 Å². The largest absolute Gasteiger partial charge is 0.511 e. The third-order valence-corrected chi connectivity index (χ3v) is 8.12. The van der Waals surface area contributed by atoms with Gasteiger partial charge in [-0.15, -0.1) is 0 Å². The highest BCUT2D eigenvalue weighted by Gasteiger charge is 2.31. The van der Waals surface area contributed by atoms with Crippen LogP contribution in [0.25, 0.3) is 22.2 Å². The highest BCUT2D eigenvalue weighted by Crippen LogP contribution is 2.37. The molecule has 6 rings (SSSR count). The zero-order valence-electron chi connectivity index (χ0n) is 25.9. The Morgan fingerprint density at radius 2 is 1.47 bits per heavy atom. The second kappa shape index (κ2) is 14.2. The molecule has 0 amide bonds. The maximum Gasteiger partial charge on any atom is 0.511 e. The van der Waals surface area contributed by atoms with Crippen LogP contribution in [0.4, 0.5) is 9.59 Å². The lowest BCUT2D eigenvalue weighted by atomic mass is 9.86. The summed E-state index contributed by atoms with van der Waals surface area (Å²) in [6.45, 7) is 3.97. The van der Waals surface area contributed by atoms with E-state index in [1.807, 2.05) is 6.07 Å². The van der Waals surface area contributed by atoms with E-state index in [1.54, 1.807) is 19.9 Å². The summed E-state index contributed by atoms with van der Waals surface area (Å²) in [5.41, 5.74) is 2.60. The number of hydrogen-bond donors (Lipinski definition) is 2. The number of aromatic nitrogens is 2. The van der Waals surface area contributed by atoms with E-state index in [4.69, 9.17) is 42.0 Å². The second-order valence-electron chi connectivity index (χ2n) is 11.8. The van der Waals surface area contributed by atoms with Crippen LogP contribution < -0.4 is 0 Å². The Labute approximate surface area is 268 Å². The van der Waals surface area contributed by atoms with Gasteiger partial charge in [-0.3, -0.25) is 0 Å². The number of carbonyl (C=O) groups is 4. The van der Waals surface area contributed by atoms with E-state index < -0.39 is 37.3 Å². The third kappa shape index (κ3) is 7.91. The Kier molecular flexibility index (Phi) is 9.71. The van der Waals surface area contributed by atoms with Crippen molar-refractivity contribution in [2.75, 3.05) is 20.0 Å². The van der Waals surface area contributed by atoms with Crippen LogP contribution >= 0.6 is 0 Å². The predicted molar refractivity (Wildman–Crippen MR) is 159 cm³/mol. The lowest BCUT2D eigenvalue weighted by molar-refractivity contribution is -0.121. The normalized spacial score (nSPS) is 19.4. The Hall–Kier alpha value is -4.92. The fourth-order valence-corrected chi connectivity index (χ4v) is 5.57. The minimum atomic E-state index is -1.14. The molecular formula is C32H36N2O13. The number of H-pyrrole nitrogens is 2. The topological polar surface area (TPSA) is 191 Å². The average molecular weight is 657 g/mol. The van der Waals surface area contributed by atoms with Crippen molar-refractivity contribution in [3.05, 3.63) is 47.7 Å². The third-order valence-electron chi connectivity index (χ3n) is 8.12. The van der Waals surface area contributed by atoms with Gasteiger partial charge in [-0.1, -0.05) is 13.8 Å². The van der Waals surface area contributed by atoms with Crippen molar-refractivity contribution < 1.29 is 61.2 Å². The lowest BCUT2D eigenvalue weighted by Gasteiger charge is -2.28. The van der Waals surface area contributed by atoms with Gasteiger partial charge in [-0.05, 0) is 25.7 Å². The number of aromatic amines is 2. The minimum absolute atomic E-state index is 0.0859. The standard InChI is InChI=1S/C32H36N2O13/c1-17(2)30(46-29(36)24-14-26-21(33-24)9-12-40-26)47-32(38)44-19-5-3-18(4-6-19)25-13-22-27(45-25)15-23(34-22)28(35)41-16-42-31(37)43-20-7-10-39-11-8-20/h9,12-15,17-20,30,33-34H,3-8,10-11,16H2,1-2H3. The molecular weight excluding hydrogens is 620 g/mol. The molecule has 2 fully saturated rings. The Morgan fingerprint density at radius 3 is 2.19 bits per heavy atom. The van der Waals surface area contributed by atoms with Crippen molar-refractivity contribution in [2.24, 2.45) is 5.92 Å². The van der Waals surface area contributed by atoms with E-state index in [0.717, 1.165) is 5.76 Å². The summed E-state index contributed by atoms with van der Waals surface area (Å²) in [6, 6.07) is 6.56. The number of carbonyl (C=O) groups excluding carboxylic acids is 4. The maximum absolute atomic E-state index is 12.6. The summed E-state index contributed by atoms with van der Waals surface area (Å²) in [5.74, 6) is -0.877. The van der Waals surface area contributed by atoms with Crippen LogP contribution in [0.15, 0.2) is 39.4 Å². The van der Waals surface area contributed by atoms with Crippen molar-refractivity contribution in [1.82, 2.24) is 9.97 Å². The van der Waals surface area contributed by atoms with E-state index in [-0.39, 0.29) is 35.4 Å². The number of nitrogens with one attached hydrogen (secondary N) is 2. The smallest absolute Gasteiger partial charge is 0.463 e. The summed E-state index contributed by atoms with van der Waals surface area (Å²) in [7, 11) is 0. The SMILES string of the molecule is CC(C)C(OC(=O)OC1CCC(c2cc3[nH]c(C(=O)OCOC(=O)OC4CCOCC4)cc3o2)CC1)OC(=O)c1cc2occc2[nH]1. The minimum Gasteiger partial charge on any atom is -0.463 e. The molecule has 1 aliphatic heterocycles. The monoisotopic (exact) mass is 656 g/mol. The van der Waals surface area contributed by atoms with Crippen LogP contribution in [0.3, 0.4) is 0 Å². The lowest BCUT2D eigenvalue weighted by Crippen LogP contribution is -2.32. The number of esters is 2. The number of furan rings is 2. The van der Waals surface area contributed by atoms with E-state index in [2.05, 4.69) is 9.97 Å². The number of ether oxygens (including phenoxy) is 7. The van der Waals surface area contributed by atoms with Gasteiger partial charge in [0.15, 0.2) is 11.2 Å². The summed E-state index contributed by atoms with van der Waals surface area (Å²) in [6.07, 6.45) is 1.64. The average Bonchev–Trinajstić information content (AvgIpc) is 3.83. The number of rotatable bonds is 10. The van der Waals surface area contributed by atoms with E-state index in [9.17, 15) is 19.2 Å². The van der Waals surface area contributed by atoms with Gasteiger partial charge in [0.25, 0.3) is 6.29 Å². The molecule has 15 nitrogen and oxygen atoms in total. The van der Waals surface area contributed by atoms with E-state index in [0.29, 0.717) is 73.9 Å². The van der Waals surface area contributed by atoms with Crippen LogP contribution in [0.5, 0.6) is 0 Å². The van der Waals surface area contributed by atoms with E-state index in [1.165, 1.54) is 18.4 Å². The molecule has 1 unspecified atom stereocenters. The molecule has 1 atom stereocenters. The molecule has 4 aromatic heterocycles. The molecule has 252 valence electrons. The highest BCUT2D eigenvalue weighted by atomic mass is 16.8. The van der Waals surface area contributed by atoms with Crippen molar-refractivity contribution in [3.63, 3.8) is 0 Å². The van der Waals surface area contributed by atoms with Gasteiger partial charge < -0.3 is 52.0 Å². The van der Waals surface area contributed by atoms with Gasteiger partial charge in [-0.2, -0.15) is 0 Å². The first-order chi connectivity index (χ1) is 22.7. The van der Waals surface area contributed by atoms with E-state index >= 15 is 0 Å². The fourth-order valence-electron chi connectivity index (χ4n) is 5.57. The second-order valence-corrected chi connectivity index (χ2v) is 11.8. The predicted octanol–water partition coefficient (Wildman–Crippen LogP) is 6.30. The highest BCUT2D eigenvalue weighted by molar-refractivity contribution is 5.94. The summed E-state index contributed by atoms with van der Waals surface area (Å²) >= 11 is 0. The molecule has 5 heterocycles. The molecule has 47 heavy (non-hydrogen) atoms. The van der Waals surface area contributed by atoms with Gasteiger partial charge in [-0.25, -0.2) is 19.2 Å². The van der Waals surface area contributed by atoms with Crippen molar-refractivity contribution in [3.8, 4) is 0 Å². The molecule has 1 saturated carbocycles. The van der Waals surface area contributed by atoms with Gasteiger partial charge >= 0.3 is 24.2 Å². The molecule has 1 aliphatic carbocycles. The molecule has 2 N–H and O–H groups in total. The molecule has 2 aliphatic rings. The molecule has 0 aromatic carbocycles.